The third-order valence-electron chi connectivity index (χ3n) is 4.91. The average molecular weight is 254 g/mol. The van der Waals surface area contributed by atoms with Crippen molar-refractivity contribution in [3.05, 3.63) is 29.3 Å². The zero-order chi connectivity index (χ0) is 13.2. The van der Waals surface area contributed by atoms with Gasteiger partial charge in [-0.2, -0.15) is 5.26 Å². The van der Waals surface area contributed by atoms with Gasteiger partial charge in [-0.05, 0) is 62.3 Å². The van der Waals surface area contributed by atoms with Crippen LogP contribution in [0.25, 0.3) is 0 Å². The molecule has 100 valence electrons. The maximum atomic E-state index is 9.04. The molecule has 2 aliphatic rings. The van der Waals surface area contributed by atoms with Gasteiger partial charge in [-0.25, -0.2) is 0 Å². The summed E-state index contributed by atoms with van der Waals surface area (Å²) in [5.74, 6) is 0.901. The molecule has 3 rings (SSSR count). The van der Waals surface area contributed by atoms with Crippen LogP contribution in [-0.4, -0.2) is 12.6 Å². The highest BCUT2D eigenvalue weighted by atomic mass is 15.2. The van der Waals surface area contributed by atoms with Gasteiger partial charge >= 0.3 is 0 Å². The Hall–Kier alpha value is -1.49. The lowest BCUT2D eigenvalue weighted by Gasteiger charge is -2.45. The van der Waals surface area contributed by atoms with Crippen molar-refractivity contribution in [2.75, 3.05) is 11.4 Å². The molecule has 2 fully saturated rings. The van der Waals surface area contributed by atoms with E-state index in [1.165, 1.54) is 50.8 Å². The second-order valence-corrected chi connectivity index (χ2v) is 6.06. The smallest absolute Gasteiger partial charge is 0.0994 e. The lowest BCUT2D eigenvalue weighted by Crippen LogP contribution is -2.46. The number of anilines is 1. The number of benzene rings is 1. The minimum Gasteiger partial charge on any atom is -0.368 e. The molecular weight excluding hydrogens is 232 g/mol. The summed E-state index contributed by atoms with van der Waals surface area (Å²) in [4.78, 5) is 2.61. The molecule has 1 saturated carbocycles. The maximum absolute atomic E-state index is 9.04. The molecule has 2 unspecified atom stereocenters. The van der Waals surface area contributed by atoms with Gasteiger partial charge in [0.15, 0.2) is 0 Å². The molecule has 0 bridgehead atoms. The van der Waals surface area contributed by atoms with Gasteiger partial charge in [0.2, 0.25) is 0 Å². The van der Waals surface area contributed by atoms with E-state index in [9.17, 15) is 0 Å². The lowest BCUT2D eigenvalue weighted by atomic mass is 9.78. The number of fused-ring (bicyclic) bond motifs is 1. The summed E-state index contributed by atoms with van der Waals surface area (Å²) in [7, 11) is 0. The topological polar surface area (TPSA) is 27.0 Å². The molecule has 1 aliphatic carbocycles. The Morgan fingerprint density at radius 2 is 1.95 bits per heavy atom. The fourth-order valence-corrected chi connectivity index (χ4v) is 3.90. The Morgan fingerprint density at radius 3 is 2.74 bits per heavy atom. The van der Waals surface area contributed by atoms with Crippen LogP contribution >= 0.6 is 0 Å². The minimum atomic E-state index is 0.745. The first-order chi connectivity index (χ1) is 9.29. The first-order valence-corrected chi connectivity index (χ1v) is 7.57. The van der Waals surface area contributed by atoms with Crippen molar-refractivity contribution < 1.29 is 0 Å². The van der Waals surface area contributed by atoms with Crippen molar-refractivity contribution >= 4 is 5.69 Å². The van der Waals surface area contributed by atoms with E-state index in [1.54, 1.807) is 0 Å². The number of nitrogens with zero attached hydrogens (tertiary/aromatic N) is 2. The molecule has 1 aliphatic heterocycles. The third-order valence-corrected chi connectivity index (χ3v) is 4.91. The van der Waals surface area contributed by atoms with Crippen molar-refractivity contribution in [3.63, 3.8) is 0 Å². The van der Waals surface area contributed by atoms with Crippen LogP contribution in [0.3, 0.4) is 0 Å². The van der Waals surface area contributed by atoms with E-state index in [2.05, 4.69) is 23.1 Å². The van der Waals surface area contributed by atoms with Crippen LogP contribution in [0, 0.1) is 24.2 Å². The standard InChI is InChI=1S/C17H22N2/c1-13-11-16(9-8-15(13)12-18)19-10-4-6-14-5-2-3-7-17(14)19/h8-9,11,14,17H,2-7,10H2,1H3. The molecule has 0 N–H and O–H groups in total. The van der Waals surface area contributed by atoms with E-state index in [0.29, 0.717) is 0 Å². The lowest BCUT2D eigenvalue weighted by molar-refractivity contribution is 0.244. The van der Waals surface area contributed by atoms with Crippen LogP contribution in [0.15, 0.2) is 18.2 Å². The zero-order valence-electron chi connectivity index (χ0n) is 11.7. The highest BCUT2D eigenvalue weighted by Gasteiger charge is 2.33. The molecule has 1 aromatic rings. The van der Waals surface area contributed by atoms with Crippen molar-refractivity contribution in [1.29, 1.82) is 5.26 Å². The summed E-state index contributed by atoms with van der Waals surface area (Å²) in [5, 5.41) is 9.04. The summed E-state index contributed by atoms with van der Waals surface area (Å²) >= 11 is 0. The van der Waals surface area contributed by atoms with Gasteiger partial charge < -0.3 is 4.90 Å². The number of piperidine rings is 1. The van der Waals surface area contributed by atoms with Gasteiger partial charge in [-0.15, -0.1) is 0 Å². The molecule has 2 heteroatoms. The van der Waals surface area contributed by atoms with E-state index in [-0.39, 0.29) is 0 Å². The monoisotopic (exact) mass is 254 g/mol. The van der Waals surface area contributed by atoms with Crippen molar-refractivity contribution in [3.8, 4) is 6.07 Å². The highest BCUT2D eigenvalue weighted by molar-refractivity contribution is 5.54. The van der Waals surface area contributed by atoms with Crippen molar-refractivity contribution in [2.45, 2.75) is 51.5 Å². The van der Waals surface area contributed by atoms with Crippen LogP contribution in [0.4, 0.5) is 5.69 Å². The van der Waals surface area contributed by atoms with Crippen LogP contribution in [0.2, 0.25) is 0 Å². The van der Waals surface area contributed by atoms with E-state index in [1.807, 2.05) is 13.0 Å². The molecular formula is C17H22N2. The summed E-state index contributed by atoms with van der Waals surface area (Å²) in [6, 6.07) is 9.34. The van der Waals surface area contributed by atoms with E-state index in [0.717, 1.165) is 23.1 Å². The van der Waals surface area contributed by atoms with Gasteiger partial charge in [0, 0.05) is 18.3 Å². The summed E-state index contributed by atoms with van der Waals surface area (Å²) in [6.45, 7) is 3.23. The van der Waals surface area contributed by atoms with Crippen LogP contribution in [0.1, 0.15) is 49.7 Å². The minimum absolute atomic E-state index is 0.745. The van der Waals surface area contributed by atoms with Gasteiger partial charge in [0.25, 0.3) is 0 Å². The molecule has 2 atom stereocenters. The first kappa shape index (κ1) is 12.5. The van der Waals surface area contributed by atoms with Crippen LogP contribution in [-0.2, 0) is 0 Å². The zero-order valence-corrected chi connectivity index (χ0v) is 11.7. The molecule has 0 amide bonds. The molecule has 1 aromatic carbocycles. The van der Waals surface area contributed by atoms with Crippen LogP contribution < -0.4 is 4.90 Å². The third kappa shape index (κ3) is 2.34. The molecule has 1 saturated heterocycles. The Labute approximate surface area is 116 Å². The Morgan fingerprint density at radius 1 is 1.16 bits per heavy atom. The fourth-order valence-electron chi connectivity index (χ4n) is 3.90. The summed E-state index contributed by atoms with van der Waals surface area (Å²) in [5.41, 5.74) is 3.24. The first-order valence-electron chi connectivity index (χ1n) is 7.57. The maximum Gasteiger partial charge on any atom is 0.0994 e. The molecule has 0 aromatic heterocycles. The SMILES string of the molecule is Cc1cc(N2CCCC3CCCCC32)ccc1C#N. The number of rotatable bonds is 1. The van der Waals surface area contributed by atoms with E-state index < -0.39 is 0 Å². The van der Waals surface area contributed by atoms with Crippen molar-refractivity contribution in [2.24, 2.45) is 5.92 Å². The predicted octanol–water partition coefficient (Wildman–Crippen LogP) is 4.03. The Bertz CT molecular complexity index is 498. The van der Waals surface area contributed by atoms with Gasteiger partial charge in [-0.3, -0.25) is 0 Å². The van der Waals surface area contributed by atoms with Crippen LogP contribution in [0.5, 0.6) is 0 Å². The number of hydrogen-bond donors (Lipinski definition) is 0. The van der Waals surface area contributed by atoms with Gasteiger partial charge in [0.05, 0.1) is 11.6 Å². The largest absolute Gasteiger partial charge is 0.368 e. The molecule has 19 heavy (non-hydrogen) atoms. The van der Waals surface area contributed by atoms with Crippen molar-refractivity contribution in [1.82, 2.24) is 0 Å². The van der Waals surface area contributed by atoms with E-state index in [4.69, 9.17) is 5.26 Å². The molecule has 0 spiro atoms. The summed E-state index contributed by atoms with van der Waals surface area (Å²) in [6.07, 6.45) is 8.30. The second-order valence-electron chi connectivity index (χ2n) is 6.06. The van der Waals surface area contributed by atoms with E-state index >= 15 is 0 Å². The molecule has 1 heterocycles. The predicted molar refractivity (Wildman–Crippen MR) is 78.2 cm³/mol. The highest BCUT2D eigenvalue weighted by Crippen LogP contribution is 2.38. The number of aryl methyl sites for hydroxylation is 1. The number of hydrogen-bond acceptors (Lipinski definition) is 2. The van der Waals surface area contributed by atoms with Gasteiger partial charge in [-0.1, -0.05) is 12.8 Å². The molecule has 2 nitrogen and oxygen atoms in total. The normalized spacial score (nSPS) is 26.6. The fraction of sp³-hybridized carbons (Fsp3) is 0.588. The average Bonchev–Trinajstić information content (AvgIpc) is 2.46. The second kappa shape index (κ2) is 5.25. The number of nitriles is 1. The summed E-state index contributed by atoms with van der Waals surface area (Å²) < 4.78 is 0. The Balaban J connectivity index is 1.88. The van der Waals surface area contributed by atoms with Gasteiger partial charge in [0.1, 0.15) is 0 Å². The molecule has 0 radical (unpaired) electrons. The quantitative estimate of drug-likeness (QED) is 0.756. The Kier molecular flexibility index (Phi) is 3.46.